The van der Waals surface area contributed by atoms with E-state index in [1.54, 1.807) is 12.1 Å². The molecule has 0 amide bonds. The smallest absolute Gasteiger partial charge is 0.341 e. The van der Waals surface area contributed by atoms with Gasteiger partial charge in [0, 0.05) is 0 Å². The molecule has 0 bridgehead atoms. The minimum absolute atomic E-state index is 0.371. The molecule has 4 heteroatoms. The molecule has 1 aromatic carbocycles. The van der Waals surface area contributed by atoms with E-state index in [4.69, 9.17) is 15.1 Å². The number of rotatable bonds is 4. The summed E-state index contributed by atoms with van der Waals surface area (Å²) in [6.45, 7) is 1.50. The van der Waals surface area contributed by atoms with Gasteiger partial charge in [-0.05, 0) is 18.1 Å². The van der Waals surface area contributed by atoms with Crippen LogP contribution in [-0.2, 0) is 11.2 Å². The largest absolute Gasteiger partial charge is 0.480 e. The normalized spacial score (nSPS) is 9.33. The molecule has 4 nitrogen and oxygen atoms in total. The first kappa shape index (κ1) is 11.1. The minimum Gasteiger partial charge on any atom is -0.480 e. The maximum Gasteiger partial charge on any atom is 0.341 e. The number of hydrogen-bond donors (Lipinski definition) is 1. The predicted octanol–water partition coefficient (Wildman–Crippen LogP) is 1.58. The average molecular weight is 205 g/mol. The highest BCUT2D eigenvalue weighted by Gasteiger charge is 2.09. The Hall–Kier alpha value is -2.02. The van der Waals surface area contributed by atoms with Crippen molar-refractivity contribution in [2.75, 3.05) is 6.61 Å². The fraction of sp³-hybridized carbons (Fsp3) is 0.273. The molecule has 0 saturated carbocycles. The lowest BCUT2D eigenvalue weighted by atomic mass is 10.1. The minimum atomic E-state index is -1.05. The number of nitriles is 1. The number of hydrogen-bond acceptors (Lipinski definition) is 3. The van der Waals surface area contributed by atoms with Gasteiger partial charge in [-0.2, -0.15) is 5.26 Å². The van der Waals surface area contributed by atoms with Crippen molar-refractivity contribution in [1.29, 1.82) is 5.26 Å². The Morgan fingerprint density at radius 1 is 1.60 bits per heavy atom. The monoisotopic (exact) mass is 205 g/mol. The van der Waals surface area contributed by atoms with Gasteiger partial charge in [-0.15, -0.1) is 0 Å². The molecule has 0 aliphatic carbocycles. The number of carboxylic acid groups (broad SMARTS) is 1. The molecular formula is C11H11NO3. The van der Waals surface area contributed by atoms with Gasteiger partial charge in [0.1, 0.15) is 11.8 Å². The zero-order valence-electron chi connectivity index (χ0n) is 8.36. The van der Waals surface area contributed by atoms with Crippen molar-refractivity contribution in [2.45, 2.75) is 13.3 Å². The lowest BCUT2D eigenvalue weighted by Gasteiger charge is -2.09. The van der Waals surface area contributed by atoms with Crippen LogP contribution in [0.2, 0.25) is 0 Å². The Kier molecular flexibility index (Phi) is 3.69. The molecule has 0 heterocycles. The standard InChI is InChI=1S/C11H11NO3/c1-2-8-4-3-5-9(6-12)11(8)15-7-10(13)14/h3-5H,2,7H2,1H3,(H,13,14). The van der Waals surface area contributed by atoms with Crippen molar-refractivity contribution in [3.05, 3.63) is 29.3 Å². The second-order valence-electron chi connectivity index (χ2n) is 2.94. The van der Waals surface area contributed by atoms with E-state index in [1.807, 2.05) is 19.1 Å². The summed E-state index contributed by atoms with van der Waals surface area (Å²) in [4.78, 5) is 10.4. The summed E-state index contributed by atoms with van der Waals surface area (Å²) >= 11 is 0. The van der Waals surface area contributed by atoms with E-state index < -0.39 is 12.6 Å². The lowest BCUT2D eigenvalue weighted by Crippen LogP contribution is -2.11. The molecule has 0 aliphatic rings. The van der Waals surface area contributed by atoms with E-state index in [1.165, 1.54) is 0 Å². The summed E-state index contributed by atoms with van der Waals surface area (Å²) in [5, 5.41) is 17.3. The summed E-state index contributed by atoms with van der Waals surface area (Å²) < 4.78 is 5.09. The van der Waals surface area contributed by atoms with Crippen LogP contribution in [-0.4, -0.2) is 17.7 Å². The van der Waals surface area contributed by atoms with Gasteiger partial charge in [0.15, 0.2) is 6.61 Å². The summed E-state index contributed by atoms with van der Waals surface area (Å²) in [5.41, 5.74) is 1.21. The maximum atomic E-state index is 10.4. The number of benzene rings is 1. The highest BCUT2D eigenvalue weighted by atomic mass is 16.5. The Labute approximate surface area is 87.7 Å². The molecule has 1 N–H and O–H groups in total. The summed E-state index contributed by atoms with van der Waals surface area (Å²) in [7, 11) is 0. The zero-order valence-corrected chi connectivity index (χ0v) is 8.36. The van der Waals surface area contributed by atoms with Crippen LogP contribution in [0.5, 0.6) is 5.75 Å². The van der Waals surface area contributed by atoms with E-state index in [0.717, 1.165) is 5.56 Å². The van der Waals surface area contributed by atoms with Gasteiger partial charge in [-0.25, -0.2) is 4.79 Å². The molecule has 0 aromatic heterocycles. The van der Waals surface area contributed by atoms with Gasteiger partial charge < -0.3 is 9.84 Å². The third kappa shape index (κ3) is 2.71. The van der Waals surface area contributed by atoms with Crippen LogP contribution in [0.25, 0.3) is 0 Å². The Balaban J connectivity index is 3.01. The molecule has 0 spiro atoms. The van der Waals surface area contributed by atoms with Crippen molar-refractivity contribution in [1.82, 2.24) is 0 Å². The number of carboxylic acids is 1. The first-order valence-electron chi connectivity index (χ1n) is 4.55. The van der Waals surface area contributed by atoms with Crippen molar-refractivity contribution in [3.8, 4) is 11.8 Å². The second kappa shape index (κ2) is 5.01. The van der Waals surface area contributed by atoms with E-state index in [2.05, 4.69) is 0 Å². The van der Waals surface area contributed by atoms with Crippen LogP contribution in [0.1, 0.15) is 18.1 Å². The Morgan fingerprint density at radius 2 is 2.33 bits per heavy atom. The number of carbonyl (C=O) groups is 1. The quantitative estimate of drug-likeness (QED) is 0.810. The molecule has 15 heavy (non-hydrogen) atoms. The van der Waals surface area contributed by atoms with Gasteiger partial charge in [0.2, 0.25) is 0 Å². The first-order valence-corrected chi connectivity index (χ1v) is 4.55. The van der Waals surface area contributed by atoms with E-state index in [9.17, 15) is 4.79 Å². The first-order chi connectivity index (χ1) is 7.19. The molecule has 78 valence electrons. The van der Waals surface area contributed by atoms with Crippen LogP contribution < -0.4 is 4.74 Å². The van der Waals surface area contributed by atoms with Gasteiger partial charge in [-0.3, -0.25) is 0 Å². The Morgan fingerprint density at radius 3 is 2.87 bits per heavy atom. The number of para-hydroxylation sites is 1. The summed E-state index contributed by atoms with van der Waals surface area (Å²) in [5.74, 6) is -0.672. The number of nitrogens with zero attached hydrogens (tertiary/aromatic N) is 1. The summed E-state index contributed by atoms with van der Waals surface area (Å²) in [6, 6.07) is 7.16. The third-order valence-electron chi connectivity index (χ3n) is 1.94. The maximum absolute atomic E-state index is 10.4. The fourth-order valence-electron chi connectivity index (χ4n) is 1.26. The van der Waals surface area contributed by atoms with Crippen molar-refractivity contribution < 1.29 is 14.6 Å². The molecule has 1 aromatic rings. The predicted molar refractivity (Wildman–Crippen MR) is 53.7 cm³/mol. The fourth-order valence-corrected chi connectivity index (χ4v) is 1.26. The van der Waals surface area contributed by atoms with Gasteiger partial charge in [0.05, 0.1) is 5.56 Å². The topological polar surface area (TPSA) is 70.3 Å². The molecule has 0 radical (unpaired) electrons. The molecule has 0 fully saturated rings. The average Bonchev–Trinajstić information content (AvgIpc) is 2.25. The van der Waals surface area contributed by atoms with Crippen LogP contribution in [0.15, 0.2) is 18.2 Å². The second-order valence-corrected chi connectivity index (χ2v) is 2.94. The molecule has 0 unspecified atom stereocenters. The SMILES string of the molecule is CCc1cccc(C#N)c1OCC(=O)O. The van der Waals surface area contributed by atoms with Crippen LogP contribution in [0.4, 0.5) is 0 Å². The van der Waals surface area contributed by atoms with Gasteiger partial charge >= 0.3 is 5.97 Å². The van der Waals surface area contributed by atoms with E-state index in [0.29, 0.717) is 17.7 Å². The highest BCUT2D eigenvalue weighted by Crippen LogP contribution is 2.23. The van der Waals surface area contributed by atoms with Crippen LogP contribution >= 0.6 is 0 Å². The van der Waals surface area contributed by atoms with E-state index >= 15 is 0 Å². The van der Waals surface area contributed by atoms with Crippen LogP contribution in [0.3, 0.4) is 0 Å². The van der Waals surface area contributed by atoms with Crippen molar-refractivity contribution in [2.24, 2.45) is 0 Å². The summed E-state index contributed by atoms with van der Waals surface area (Å²) in [6.07, 6.45) is 0.699. The molecule has 1 rings (SSSR count). The molecular weight excluding hydrogens is 194 g/mol. The molecule has 0 saturated heterocycles. The van der Waals surface area contributed by atoms with Crippen molar-refractivity contribution in [3.63, 3.8) is 0 Å². The molecule has 0 aliphatic heterocycles. The van der Waals surface area contributed by atoms with Gasteiger partial charge in [-0.1, -0.05) is 19.1 Å². The zero-order chi connectivity index (χ0) is 11.3. The lowest BCUT2D eigenvalue weighted by molar-refractivity contribution is -0.139. The highest BCUT2D eigenvalue weighted by molar-refractivity contribution is 5.68. The van der Waals surface area contributed by atoms with Crippen LogP contribution in [0, 0.1) is 11.3 Å². The number of aryl methyl sites for hydroxylation is 1. The number of ether oxygens (including phenoxy) is 1. The third-order valence-corrected chi connectivity index (χ3v) is 1.94. The Bertz CT molecular complexity index is 407. The number of aliphatic carboxylic acids is 1. The van der Waals surface area contributed by atoms with E-state index in [-0.39, 0.29) is 0 Å². The van der Waals surface area contributed by atoms with Crippen molar-refractivity contribution >= 4 is 5.97 Å². The molecule has 0 atom stereocenters. The van der Waals surface area contributed by atoms with Gasteiger partial charge in [0.25, 0.3) is 0 Å².